The number of carbonyl (C=O) groups is 2. The first kappa shape index (κ1) is 38.1. The lowest BCUT2D eigenvalue weighted by Gasteiger charge is -2.25. The third kappa shape index (κ3) is 14.4. The fraction of sp³-hybridized carbons (Fsp3) is 0.481. The first-order valence-electron chi connectivity index (χ1n) is 12.9. The Morgan fingerprint density at radius 3 is 2.40 bits per heavy atom. The van der Waals surface area contributed by atoms with Gasteiger partial charge in [0.2, 0.25) is 5.91 Å². The molecule has 1 heterocycles. The lowest BCUT2D eigenvalue weighted by Crippen LogP contribution is -2.49. The summed E-state index contributed by atoms with van der Waals surface area (Å²) in [4.78, 5) is 32.8. The maximum atomic E-state index is 13.0. The molecule has 43 heavy (non-hydrogen) atoms. The van der Waals surface area contributed by atoms with Crippen molar-refractivity contribution in [1.82, 2.24) is 15.6 Å². The lowest BCUT2D eigenvalue weighted by molar-refractivity contribution is -0.138. The zero-order valence-electron chi connectivity index (χ0n) is 23.6. The van der Waals surface area contributed by atoms with Crippen molar-refractivity contribution in [3.63, 3.8) is 0 Å². The lowest BCUT2D eigenvalue weighted by atomic mass is 10.0. The van der Waals surface area contributed by atoms with Crippen molar-refractivity contribution < 1.29 is 46.1 Å². The largest absolute Gasteiger partial charge is 0.416 e. The van der Waals surface area contributed by atoms with Gasteiger partial charge in [0.05, 0.1) is 30.5 Å². The minimum atomic E-state index is -4.55. The first-order chi connectivity index (χ1) is 20.0. The van der Waals surface area contributed by atoms with Crippen LogP contribution in [0.3, 0.4) is 0 Å². The van der Waals surface area contributed by atoms with E-state index < -0.39 is 54.8 Å². The van der Waals surface area contributed by atoms with Crippen LogP contribution in [0.1, 0.15) is 54.8 Å². The van der Waals surface area contributed by atoms with Gasteiger partial charge in [-0.2, -0.15) is 26.3 Å². The van der Waals surface area contributed by atoms with Gasteiger partial charge in [0.25, 0.3) is 5.91 Å². The van der Waals surface area contributed by atoms with Gasteiger partial charge in [-0.15, -0.1) is 23.1 Å². The quantitative estimate of drug-likeness (QED) is 0.130. The Labute approximate surface area is 253 Å². The molecule has 1 aromatic heterocycles. The highest BCUT2D eigenvalue weighted by molar-refractivity contribution is 8.13. The topological polar surface area (TPSA) is 124 Å². The molecule has 240 valence electrons. The zero-order valence-corrected chi connectivity index (χ0v) is 25.3. The molecule has 0 bridgehead atoms. The number of aliphatic hydroxyl groups is 2. The Morgan fingerprint density at radius 1 is 1.21 bits per heavy atom. The van der Waals surface area contributed by atoms with Gasteiger partial charge in [-0.3, -0.25) is 14.6 Å². The maximum absolute atomic E-state index is 13.0. The van der Waals surface area contributed by atoms with Crippen molar-refractivity contribution in [3.05, 3.63) is 53.7 Å². The molecule has 4 N–H and O–H groups in total. The molecule has 0 aliphatic carbocycles. The smallest absolute Gasteiger partial charge is 0.393 e. The molecule has 2 amide bonds. The van der Waals surface area contributed by atoms with Crippen LogP contribution in [0.2, 0.25) is 0 Å². The number of nitrogens with zero attached hydrogens (tertiary/aromatic N) is 2. The molecule has 1 aromatic carbocycles. The highest BCUT2D eigenvalue weighted by Gasteiger charge is 2.31. The van der Waals surface area contributed by atoms with E-state index in [-0.39, 0.29) is 39.4 Å². The highest BCUT2D eigenvalue weighted by atomic mass is 32.2. The van der Waals surface area contributed by atoms with Crippen LogP contribution in [-0.4, -0.2) is 69.3 Å². The minimum Gasteiger partial charge on any atom is -0.393 e. The molecule has 0 aliphatic heterocycles. The first-order valence-corrected chi connectivity index (χ1v) is 14.9. The molecule has 0 saturated heterocycles. The number of hydrogen-bond donors (Lipinski definition) is 4. The molecule has 0 aliphatic rings. The van der Waals surface area contributed by atoms with E-state index in [1.165, 1.54) is 12.1 Å². The molecular weight excluding hydrogens is 622 g/mol. The summed E-state index contributed by atoms with van der Waals surface area (Å²) in [6.07, 6.45) is -7.44. The standard InChI is InChI=1S/C23H24F6N4O3S2.C4H10O/c1-3-30-21(37-2)18(35)15(8-5-9-22(24,25)26)33-17(34)12-31-19(36)16-11-32-20(38-16)13-6-4-7-14(10-13)23(27,28)29;1-3-4(2)5/h3-4,6-7,10-11,15,18,35H,1,5,8-9,12H2,2H3,(H,31,36)(H,33,34);4-5H,3H2,1-2H3. The van der Waals surface area contributed by atoms with Gasteiger partial charge in [-0.05, 0) is 44.6 Å². The molecular formula is C27H34F6N4O4S2. The SMILES string of the molecule is C=CN=C(SC)C(O)C(CCCC(F)(F)F)NC(=O)CNC(=O)c1cnc(-c2cccc(C(F)(F)F)c2)s1.CCC(C)O. The Balaban J connectivity index is 0.00000170. The number of amides is 2. The second-order valence-corrected chi connectivity index (χ2v) is 10.9. The molecule has 3 atom stereocenters. The van der Waals surface area contributed by atoms with E-state index in [1.54, 1.807) is 13.2 Å². The van der Waals surface area contributed by atoms with Crippen LogP contribution in [-0.2, 0) is 11.0 Å². The summed E-state index contributed by atoms with van der Waals surface area (Å²) in [6.45, 7) is 6.56. The highest BCUT2D eigenvalue weighted by Crippen LogP contribution is 2.33. The Bertz CT molecular complexity index is 1220. The number of thiazole rings is 1. The van der Waals surface area contributed by atoms with Crippen molar-refractivity contribution in [2.75, 3.05) is 12.8 Å². The number of nitrogens with one attached hydrogen (secondary N) is 2. The molecule has 0 fully saturated rings. The third-order valence-electron chi connectivity index (χ3n) is 5.55. The van der Waals surface area contributed by atoms with Crippen LogP contribution in [0, 0.1) is 0 Å². The summed E-state index contributed by atoms with van der Waals surface area (Å²) in [5.41, 5.74) is -0.717. The molecule has 0 spiro atoms. The van der Waals surface area contributed by atoms with Crippen LogP contribution >= 0.6 is 23.1 Å². The number of benzene rings is 1. The summed E-state index contributed by atoms with van der Waals surface area (Å²) in [6, 6.07) is 3.31. The van der Waals surface area contributed by atoms with Crippen LogP contribution in [0.4, 0.5) is 26.3 Å². The van der Waals surface area contributed by atoms with Crippen LogP contribution in [0.5, 0.6) is 0 Å². The van der Waals surface area contributed by atoms with Crippen LogP contribution < -0.4 is 10.6 Å². The van der Waals surface area contributed by atoms with Crippen molar-refractivity contribution in [2.24, 2.45) is 4.99 Å². The van der Waals surface area contributed by atoms with Crippen molar-refractivity contribution in [3.8, 4) is 10.6 Å². The van der Waals surface area contributed by atoms with Crippen molar-refractivity contribution in [2.45, 2.75) is 70.1 Å². The van der Waals surface area contributed by atoms with Gasteiger partial charge in [0.15, 0.2) is 0 Å². The number of rotatable bonds is 12. The fourth-order valence-electron chi connectivity index (χ4n) is 3.19. The van der Waals surface area contributed by atoms with Gasteiger partial charge in [-0.25, -0.2) is 4.98 Å². The molecule has 2 rings (SSSR count). The number of halogens is 6. The number of hydrogen-bond acceptors (Lipinski definition) is 8. The summed E-state index contributed by atoms with van der Waals surface area (Å²) in [5.74, 6) is -1.51. The summed E-state index contributed by atoms with van der Waals surface area (Å²) >= 11 is 1.85. The molecule has 3 unspecified atom stereocenters. The van der Waals surface area contributed by atoms with E-state index >= 15 is 0 Å². The van der Waals surface area contributed by atoms with Gasteiger partial charge in [0, 0.05) is 18.2 Å². The van der Waals surface area contributed by atoms with E-state index in [9.17, 15) is 41.0 Å². The predicted molar refractivity (Wildman–Crippen MR) is 156 cm³/mol. The zero-order chi connectivity index (χ0) is 32.8. The average molecular weight is 657 g/mol. The number of aliphatic imine (C=N–C) groups is 1. The van der Waals surface area contributed by atoms with E-state index in [0.29, 0.717) is 0 Å². The summed E-state index contributed by atoms with van der Waals surface area (Å²) in [5, 5.41) is 23.9. The molecule has 0 saturated carbocycles. The molecule has 8 nitrogen and oxygen atoms in total. The van der Waals surface area contributed by atoms with Gasteiger partial charge >= 0.3 is 12.4 Å². The Kier molecular flexibility index (Phi) is 15.9. The van der Waals surface area contributed by atoms with E-state index in [4.69, 9.17) is 5.11 Å². The van der Waals surface area contributed by atoms with Crippen molar-refractivity contribution in [1.29, 1.82) is 0 Å². The Hall–Kier alpha value is -2.95. The second kappa shape index (κ2) is 18.0. The number of carbonyl (C=O) groups excluding carboxylic acids is 2. The average Bonchev–Trinajstić information content (AvgIpc) is 3.43. The van der Waals surface area contributed by atoms with E-state index in [1.807, 2.05) is 6.92 Å². The normalized spacial score (nSPS) is 14.2. The summed E-state index contributed by atoms with van der Waals surface area (Å²) < 4.78 is 76.6. The Morgan fingerprint density at radius 2 is 1.86 bits per heavy atom. The maximum Gasteiger partial charge on any atom is 0.416 e. The van der Waals surface area contributed by atoms with Gasteiger partial charge in [0.1, 0.15) is 21.0 Å². The molecule has 0 radical (unpaired) electrons. The van der Waals surface area contributed by atoms with E-state index in [2.05, 4.69) is 27.2 Å². The number of aliphatic hydroxyl groups excluding tert-OH is 2. The molecule has 2 aromatic rings. The number of alkyl halides is 6. The fourth-order valence-corrected chi connectivity index (χ4v) is 4.60. The van der Waals surface area contributed by atoms with Crippen LogP contribution in [0.15, 0.2) is 48.2 Å². The van der Waals surface area contributed by atoms with E-state index in [0.717, 1.165) is 54.0 Å². The van der Waals surface area contributed by atoms with Gasteiger partial charge in [-0.1, -0.05) is 25.6 Å². The monoisotopic (exact) mass is 656 g/mol. The second-order valence-electron chi connectivity index (χ2n) is 9.03. The molecule has 16 heteroatoms. The number of aromatic nitrogens is 1. The minimum absolute atomic E-state index is 0.0229. The summed E-state index contributed by atoms with van der Waals surface area (Å²) in [7, 11) is 0. The third-order valence-corrected chi connectivity index (χ3v) is 7.36. The van der Waals surface area contributed by atoms with Crippen molar-refractivity contribution >= 4 is 40.0 Å². The predicted octanol–water partition coefficient (Wildman–Crippen LogP) is 5.82. The van der Waals surface area contributed by atoms with Gasteiger partial charge < -0.3 is 20.8 Å². The number of thioether (sulfide) groups is 1. The van der Waals surface area contributed by atoms with Crippen LogP contribution in [0.25, 0.3) is 10.6 Å².